The van der Waals surface area contributed by atoms with Crippen LogP contribution >= 0.6 is 11.8 Å². The number of hydrogen-bond acceptors (Lipinski definition) is 3. The van der Waals surface area contributed by atoms with Crippen LogP contribution in [0.2, 0.25) is 0 Å². The topological polar surface area (TPSA) is 55.1 Å². The van der Waals surface area contributed by atoms with Crippen LogP contribution in [0.4, 0.5) is 0 Å². The monoisotopic (exact) mass is 230 g/mol. The van der Waals surface area contributed by atoms with Crippen LogP contribution in [-0.2, 0) is 4.79 Å². The van der Waals surface area contributed by atoms with Gasteiger partial charge in [0.2, 0.25) is 5.91 Å². The van der Waals surface area contributed by atoms with Crippen molar-refractivity contribution in [1.82, 2.24) is 5.32 Å². The minimum Gasteiger partial charge on any atom is -0.353 e. The molecule has 2 atom stereocenters. The van der Waals surface area contributed by atoms with E-state index in [9.17, 15) is 4.79 Å². The van der Waals surface area contributed by atoms with E-state index >= 15 is 0 Å². The molecule has 4 heteroatoms. The molecule has 1 aliphatic rings. The third kappa shape index (κ3) is 3.38. The maximum atomic E-state index is 11.7. The molecule has 3 nitrogen and oxygen atoms in total. The molecular formula is C11H22N2OS. The lowest BCUT2D eigenvalue weighted by molar-refractivity contribution is -0.123. The fraction of sp³-hybridized carbons (Fsp3) is 0.909. The Morgan fingerprint density at radius 3 is 2.60 bits per heavy atom. The van der Waals surface area contributed by atoms with Gasteiger partial charge >= 0.3 is 0 Å². The Hall–Kier alpha value is -0.220. The van der Waals surface area contributed by atoms with Crippen molar-refractivity contribution < 1.29 is 4.79 Å². The second-order valence-electron chi connectivity index (χ2n) is 4.52. The Labute approximate surface area is 96.6 Å². The second kappa shape index (κ2) is 5.21. The van der Waals surface area contributed by atoms with E-state index in [1.165, 1.54) is 12.8 Å². The van der Waals surface area contributed by atoms with Crippen LogP contribution in [0.3, 0.4) is 0 Å². The molecule has 3 N–H and O–H groups in total. The Bertz CT molecular complexity index is 229. The van der Waals surface area contributed by atoms with Gasteiger partial charge in [-0.25, -0.2) is 0 Å². The van der Waals surface area contributed by atoms with Crippen molar-refractivity contribution in [2.45, 2.75) is 43.9 Å². The lowest BCUT2D eigenvalue weighted by atomic mass is 9.99. The van der Waals surface area contributed by atoms with Crippen LogP contribution in [0.25, 0.3) is 0 Å². The van der Waals surface area contributed by atoms with E-state index in [0.29, 0.717) is 4.75 Å². The normalized spacial score (nSPS) is 21.9. The van der Waals surface area contributed by atoms with Crippen molar-refractivity contribution in [2.24, 2.45) is 11.7 Å². The van der Waals surface area contributed by atoms with E-state index in [1.54, 1.807) is 0 Å². The molecule has 0 aromatic heterocycles. The predicted octanol–water partition coefficient (Wildman–Crippen LogP) is 1.37. The van der Waals surface area contributed by atoms with E-state index in [-0.39, 0.29) is 17.9 Å². The lowest BCUT2D eigenvalue weighted by Crippen LogP contribution is -2.46. The number of thioether (sulfide) groups is 1. The summed E-state index contributed by atoms with van der Waals surface area (Å²) < 4.78 is 0.324. The molecular weight excluding hydrogens is 208 g/mol. The maximum absolute atomic E-state index is 11.7. The number of nitrogens with one attached hydrogen (secondary N) is 1. The molecule has 0 spiro atoms. The molecule has 0 bridgehead atoms. The highest BCUT2D eigenvalue weighted by Gasteiger charge is 2.42. The predicted molar refractivity (Wildman–Crippen MR) is 65.9 cm³/mol. The Kier molecular flexibility index (Phi) is 4.46. The van der Waals surface area contributed by atoms with Gasteiger partial charge in [0, 0.05) is 11.3 Å². The summed E-state index contributed by atoms with van der Waals surface area (Å²) in [5.41, 5.74) is 5.84. The van der Waals surface area contributed by atoms with Gasteiger partial charge in [0.05, 0.1) is 6.04 Å². The Morgan fingerprint density at radius 2 is 2.20 bits per heavy atom. The first-order valence-electron chi connectivity index (χ1n) is 5.63. The summed E-state index contributed by atoms with van der Waals surface area (Å²) in [6, 6.07) is -0.354. The zero-order chi connectivity index (χ0) is 11.5. The molecule has 1 aliphatic carbocycles. The van der Waals surface area contributed by atoms with Crippen molar-refractivity contribution in [3.63, 3.8) is 0 Å². The summed E-state index contributed by atoms with van der Waals surface area (Å²) in [6.07, 6.45) is 5.48. The van der Waals surface area contributed by atoms with Crippen LogP contribution in [-0.4, -0.2) is 29.5 Å². The van der Waals surface area contributed by atoms with E-state index in [2.05, 4.69) is 18.5 Å². The summed E-state index contributed by atoms with van der Waals surface area (Å²) >= 11 is 1.85. The van der Waals surface area contributed by atoms with Crippen LogP contribution < -0.4 is 11.1 Å². The number of nitrogens with two attached hydrogens (primary N) is 1. The summed E-state index contributed by atoms with van der Waals surface area (Å²) in [6.45, 7) is 4.85. The zero-order valence-corrected chi connectivity index (χ0v) is 10.7. The van der Waals surface area contributed by atoms with Gasteiger partial charge < -0.3 is 11.1 Å². The van der Waals surface area contributed by atoms with Gasteiger partial charge in [-0.05, 0) is 25.0 Å². The number of carbonyl (C=O) groups excluding carboxylic acids is 1. The van der Waals surface area contributed by atoms with Gasteiger partial charge in [0.1, 0.15) is 0 Å². The quantitative estimate of drug-likeness (QED) is 0.724. The molecule has 0 aromatic rings. The molecule has 0 aliphatic heterocycles. The number of carbonyl (C=O) groups is 1. The fourth-order valence-corrected chi connectivity index (χ4v) is 2.20. The fourth-order valence-electron chi connectivity index (χ4n) is 1.47. The first-order chi connectivity index (χ1) is 7.04. The van der Waals surface area contributed by atoms with Gasteiger partial charge in [-0.2, -0.15) is 11.8 Å². The average molecular weight is 230 g/mol. The Morgan fingerprint density at radius 1 is 1.60 bits per heavy atom. The molecule has 15 heavy (non-hydrogen) atoms. The zero-order valence-electron chi connectivity index (χ0n) is 9.88. The third-order valence-corrected chi connectivity index (χ3v) is 4.80. The van der Waals surface area contributed by atoms with Crippen LogP contribution in [0.15, 0.2) is 0 Å². The number of rotatable bonds is 6. The summed E-state index contributed by atoms with van der Waals surface area (Å²) in [7, 11) is 0. The van der Waals surface area contributed by atoms with E-state index in [0.717, 1.165) is 13.0 Å². The molecule has 1 fully saturated rings. The van der Waals surface area contributed by atoms with Crippen LogP contribution in [0.5, 0.6) is 0 Å². The third-order valence-electron chi connectivity index (χ3n) is 3.39. The molecule has 1 unspecified atom stereocenters. The molecule has 88 valence electrons. The van der Waals surface area contributed by atoms with Crippen LogP contribution in [0, 0.1) is 5.92 Å². The summed E-state index contributed by atoms with van der Waals surface area (Å²) in [4.78, 5) is 11.7. The second-order valence-corrected chi connectivity index (χ2v) is 5.79. The molecule has 1 amide bonds. The van der Waals surface area contributed by atoms with Gasteiger partial charge in [0.25, 0.3) is 0 Å². The minimum atomic E-state index is -0.354. The summed E-state index contributed by atoms with van der Waals surface area (Å²) in [5.74, 6) is 0.263. The van der Waals surface area contributed by atoms with Gasteiger partial charge in [-0.3, -0.25) is 4.79 Å². The van der Waals surface area contributed by atoms with Crippen molar-refractivity contribution in [3.05, 3.63) is 0 Å². The first kappa shape index (κ1) is 12.8. The number of amides is 1. The molecule has 0 heterocycles. The SMILES string of the molecule is CCC(C)[C@H](N)C(=O)NCC1(SC)CC1. The van der Waals surface area contributed by atoms with Gasteiger partial charge in [-0.15, -0.1) is 0 Å². The first-order valence-corrected chi connectivity index (χ1v) is 6.85. The highest BCUT2D eigenvalue weighted by atomic mass is 32.2. The van der Waals surface area contributed by atoms with Crippen molar-refractivity contribution >= 4 is 17.7 Å². The molecule has 1 saturated carbocycles. The number of hydrogen-bond donors (Lipinski definition) is 2. The maximum Gasteiger partial charge on any atom is 0.237 e. The minimum absolute atomic E-state index is 0.00433. The molecule has 0 radical (unpaired) electrons. The smallest absolute Gasteiger partial charge is 0.237 e. The van der Waals surface area contributed by atoms with E-state index < -0.39 is 0 Å². The molecule has 0 saturated heterocycles. The lowest BCUT2D eigenvalue weighted by Gasteiger charge is -2.20. The highest BCUT2D eigenvalue weighted by Crippen LogP contribution is 2.46. The molecule has 1 rings (SSSR count). The summed E-state index contributed by atoms with van der Waals surface area (Å²) in [5, 5.41) is 2.97. The van der Waals surface area contributed by atoms with Crippen LogP contribution in [0.1, 0.15) is 33.1 Å². The van der Waals surface area contributed by atoms with E-state index in [1.807, 2.05) is 18.7 Å². The molecule has 0 aromatic carbocycles. The standard InChI is InChI=1S/C11H22N2OS/c1-4-8(2)9(12)10(14)13-7-11(15-3)5-6-11/h8-9H,4-7,12H2,1-3H3,(H,13,14)/t8?,9-/m0/s1. The van der Waals surface area contributed by atoms with Crippen molar-refractivity contribution in [3.8, 4) is 0 Å². The van der Waals surface area contributed by atoms with Crippen molar-refractivity contribution in [1.29, 1.82) is 0 Å². The van der Waals surface area contributed by atoms with Crippen molar-refractivity contribution in [2.75, 3.05) is 12.8 Å². The largest absolute Gasteiger partial charge is 0.353 e. The van der Waals surface area contributed by atoms with Gasteiger partial charge in [0.15, 0.2) is 0 Å². The van der Waals surface area contributed by atoms with Gasteiger partial charge in [-0.1, -0.05) is 20.3 Å². The Balaban J connectivity index is 2.29. The highest BCUT2D eigenvalue weighted by molar-refractivity contribution is 8.00. The van der Waals surface area contributed by atoms with E-state index in [4.69, 9.17) is 5.73 Å². The average Bonchev–Trinajstić information content (AvgIpc) is 3.04.